The zero-order valence-corrected chi connectivity index (χ0v) is 14.4. The second-order valence-electron chi connectivity index (χ2n) is 6.89. The zero-order chi connectivity index (χ0) is 17.3. The summed E-state index contributed by atoms with van der Waals surface area (Å²) in [6.45, 7) is 2.85. The van der Waals surface area contributed by atoms with Crippen LogP contribution in [0, 0.1) is 5.92 Å². The Hall–Kier alpha value is -3.03. The van der Waals surface area contributed by atoms with E-state index in [0.29, 0.717) is 11.7 Å². The predicted octanol–water partition coefficient (Wildman–Crippen LogP) is 1.49. The molecule has 1 fully saturated rings. The van der Waals surface area contributed by atoms with E-state index in [0.717, 1.165) is 44.1 Å². The normalized spacial score (nSPS) is 16.4. The Kier molecular flexibility index (Phi) is 3.73. The van der Waals surface area contributed by atoms with Crippen LogP contribution in [0.5, 0.6) is 0 Å². The molecule has 3 aromatic rings. The van der Waals surface area contributed by atoms with E-state index < -0.39 is 0 Å². The SMILES string of the molecule is c1cnn(-c2cncc(NCC3CN(c4cc5c(nn4)CCC5)C3)n2)c1. The third-order valence-corrected chi connectivity index (χ3v) is 5.02. The van der Waals surface area contributed by atoms with Crippen LogP contribution in [-0.4, -0.2) is 49.6 Å². The smallest absolute Gasteiger partial charge is 0.173 e. The van der Waals surface area contributed by atoms with Crippen LogP contribution in [0.1, 0.15) is 17.7 Å². The van der Waals surface area contributed by atoms with Gasteiger partial charge in [-0.15, -0.1) is 5.10 Å². The minimum atomic E-state index is 0.570. The van der Waals surface area contributed by atoms with E-state index in [1.54, 1.807) is 23.3 Å². The summed E-state index contributed by atoms with van der Waals surface area (Å²) in [5, 5.41) is 16.3. The molecular weight excluding hydrogens is 328 g/mol. The molecule has 5 rings (SSSR count). The molecule has 26 heavy (non-hydrogen) atoms. The first kappa shape index (κ1) is 15.2. The molecule has 1 saturated heterocycles. The molecule has 0 bridgehead atoms. The van der Waals surface area contributed by atoms with Crippen molar-refractivity contribution in [3.8, 4) is 5.82 Å². The van der Waals surface area contributed by atoms with Crippen LogP contribution in [0.25, 0.3) is 5.82 Å². The van der Waals surface area contributed by atoms with Crippen molar-refractivity contribution in [2.24, 2.45) is 5.92 Å². The molecule has 1 aliphatic heterocycles. The van der Waals surface area contributed by atoms with Gasteiger partial charge >= 0.3 is 0 Å². The molecule has 8 nitrogen and oxygen atoms in total. The van der Waals surface area contributed by atoms with E-state index >= 15 is 0 Å². The molecule has 0 atom stereocenters. The van der Waals surface area contributed by atoms with E-state index in [1.807, 2.05) is 12.3 Å². The first-order chi connectivity index (χ1) is 12.8. The summed E-state index contributed by atoms with van der Waals surface area (Å²) in [4.78, 5) is 11.1. The first-order valence-corrected chi connectivity index (χ1v) is 9.01. The predicted molar refractivity (Wildman–Crippen MR) is 97.4 cm³/mol. The van der Waals surface area contributed by atoms with Crippen molar-refractivity contribution in [1.82, 2.24) is 29.9 Å². The van der Waals surface area contributed by atoms with Crippen molar-refractivity contribution in [2.75, 3.05) is 29.9 Å². The molecule has 0 unspecified atom stereocenters. The minimum Gasteiger partial charge on any atom is -0.368 e. The van der Waals surface area contributed by atoms with Gasteiger partial charge in [-0.05, 0) is 37.0 Å². The molecule has 0 spiro atoms. The minimum absolute atomic E-state index is 0.570. The molecule has 1 aliphatic carbocycles. The molecule has 1 N–H and O–H groups in total. The fraction of sp³-hybridized carbons (Fsp3) is 0.389. The third kappa shape index (κ3) is 2.87. The van der Waals surface area contributed by atoms with E-state index in [1.165, 1.54) is 17.7 Å². The Morgan fingerprint density at radius 2 is 2.08 bits per heavy atom. The van der Waals surface area contributed by atoms with Crippen molar-refractivity contribution in [1.29, 1.82) is 0 Å². The molecule has 4 heterocycles. The summed E-state index contributed by atoms with van der Waals surface area (Å²) in [5.41, 5.74) is 2.56. The highest BCUT2D eigenvalue weighted by Gasteiger charge is 2.28. The number of aryl methyl sites for hydroxylation is 2. The molecule has 0 amide bonds. The zero-order valence-electron chi connectivity index (χ0n) is 14.4. The van der Waals surface area contributed by atoms with Crippen molar-refractivity contribution >= 4 is 11.6 Å². The van der Waals surface area contributed by atoms with Crippen molar-refractivity contribution in [3.63, 3.8) is 0 Å². The third-order valence-electron chi connectivity index (χ3n) is 5.02. The Bertz CT molecular complexity index is 901. The van der Waals surface area contributed by atoms with E-state index in [2.05, 4.69) is 41.5 Å². The van der Waals surface area contributed by atoms with Crippen LogP contribution in [0.2, 0.25) is 0 Å². The van der Waals surface area contributed by atoms with Gasteiger partial charge < -0.3 is 10.2 Å². The summed E-state index contributed by atoms with van der Waals surface area (Å²) >= 11 is 0. The average Bonchev–Trinajstić information content (AvgIpc) is 3.32. The van der Waals surface area contributed by atoms with Crippen LogP contribution in [0.15, 0.2) is 36.9 Å². The van der Waals surface area contributed by atoms with E-state index in [-0.39, 0.29) is 0 Å². The summed E-state index contributed by atoms with van der Waals surface area (Å²) in [6, 6.07) is 4.09. The van der Waals surface area contributed by atoms with Gasteiger partial charge in [0, 0.05) is 37.9 Å². The van der Waals surface area contributed by atoms with Gasteiger partial charge in [0.15, 0.2) is 11.6 Å². The molecule has 3 aromatic heterocycles. The Balaban J connectivity index is 1.17. The largest absolute Gasteiger partial charge is 0.368 e. The fourth-order valence-corrected chi connectivity index (χ4v) is 3.56. The van der Waals surface area contributed by atoms with Gasteiger partial charge in [-0.25, -0.2) is 9.67 Å². The topological polar surface area (TPSA) is 84.7 Å². The molecule has 0 aromatic carbocycles. The lowest BCUT2D eigenvalue weighted by Gasteiger charge is -2.40. The summed E-state index contributed by atoms with van der Waals surface area (Å²) in [6.07, 6.45) is 10.5. The van der Waals surface area contributed by atoms with E-state index in [4.69, 9.17) is 0 Å². The number of aromatic nitrogens is 6. The lowest BCUT2D eigenvalue weighted by molar-refractivity contribution is 0.425. The van der Waals surface area contributed by atoms with Crippen LogP contribution >= 0.6 is 0 Å². The number of hydrogen-bond acceptors (Lipinski definition) is 7. The van der Waals surface area contributed by atoms with Gasteiger partial charge in [0.1, 0.15) is 5.82 Å². The first-order valence-electron chi connectivity index (χ1n) is 9.01. The van der Waals surface area contributed by atoms with Crippen LogP contribution < -0.4 is 10.2 Å². The van der Waals surface area contributed by atoms with Crippen LogP contribution in [-0.2, 0) is 12.8 Å². The fourth-order valence-electron chi connectivity index (χ4n) is 3.56. The number of hydrogen-bond donors (Lipinski definition) is 1. The standard InChI is InChI=1S/C18H20N8/c1-3-14-7-17(24-23-15(14)4-1)25-11-13(12-25)8-20-16-9-19-10-18(22-16)26-6-2-5-21-26/h2,5-7,9-10,13H,1,3-4,8,11-12H2,(H,20,22). The van der Waals surface area contributed by atoms with Gasteiger partial charge in [0.25, 0.3) is 0 Å². The average molecular weight is 348 g/mol. The van der Waals surface area contributed by atoms with Gasteiger partial charge in [-0.2, -0.15) is 10.2 Å². The highest BCUT2D eigenvalue weighted by molar-refractivity contribution is 5.45. The van der Waals surface area contributed by atoms with E-state index in [9.17, 15) is 0 Å². The number of nitrogens with zero attached hydrogens (tertiary/aromatic N) is 7. The van der Waals surface area contributed by atoms with Gasteiger partial charge in [-0.1, -0.05) is 0 Å². The van der Waals surface area contributed by atoms with Crippen LogP contribution in [0.4, 0.5) is 11.6 Å². The van der Waals surface area contributed by atoms with Gasteiger partial charge in [-0.3, -0.25) is 4.98 Å². The second-order valence-corrected chi connectivity index (χ2v) is 6.89. The monoisotopic (exact) mass is 348 g/mol. The number of anilines is 2. The Morgan fingerprint density at radius 1 is 1.12 bits per heavy atom. The summed E-state index contributed by atoms with van der Waals surface area (Å²) in [5.74, 6) is 3.07. The Labute approximate surface area is 151 Å². The van der Waals surface area contributed by atoms with Crippen molar-refractivity contribution in [3.05, 3.63) is 48.2 Å². The molecule has 0 saturated carbocycles. The molecule has 8 heteroatoms. The summed E-state index contributed by atoms with van der Waals surface area (Å²) in [7, 11) is 0. The number of rotatable bonds is 5. The van der Waals surface area contributed by atoms with Gasteiger partial charge in [0.05, 0.1) is 18.1 Å². The lowest BCUT2D eigenvalue weighted by atomic mass is 10.00. The maximum atomic E-state index is 4.55. The molecule has 2 aliphatic rings. The van der Waals surface area contributed by atoms with Crippen LogP contribution in [0.3, 0.4) is 0 Å². The number of nitrogens with one attached hydrogen (secondary N) is 1. The quantitative estimate of drug-likeness (QED) is 0.748. The molecular formula is C18H20N8. The maximum absolute atomic E-state index is 4.55. The highest BCUT2D eigenvalue weighted by Crippen LogP contribution is 2.27. The lowest BCUT2D eigenvalue weighted by Crippen LogP contribution is -2.50. The molecule has 0 radical (unpaired) electrons. The highest BCUT2D eigenvalue weighted by atomic mass is 15.3. The molecule has 132 valence electrons. The van der Waals surface area contributed by atoms with Crippen molar-refractivity contribution < 1.29 is 0 Å². The maximum Gasteiger partial charge on any atom is 0.173 e. The summed E-state index contributed by atoms with van der Waals surface area (Å²) < 4.78 is 1.70. The van der Waals surface area contributed by atoms with Gasteiger partial charge in [0.2, 0.25) is 0 Å². The number of fused-ring (bicyclic) bond motifs is 1. The second kappa shape index (κ2) is 6.36. The van der Waals surface area contributed by atoms with Crippen molar-refractivity contribution in [2.45, 2.75) is 19.3 Å². The Morgan fingerprint density at radius 3 is 2.96 bits per heavy atom.